The number of anilines is 1. The summed E-state index contributed by atoms with van der Waals surface area (Å²) in [5.74, 6) is 0.0706. The van der Waals surface area contributed by atoms with Crippen molar-refractivity contribution < 1.29 is 9.18 Å². The van der Waals surface area contributed by atoms with Crippen LogP contribution in [-0.2, 0) is 0 Å². The second kappa shape index (κ2) is 6.25. The third-order valence-corrected chi connectivity index (χ3v) is 3.98. The third kappa shape index (κ3) is 2.94. The fourth-order valence-electron chi connectivity index (χ4n) is 2.79. The Morgan fingerprint density at radius 1 is 1.40 bits per heavy atom. The molecule has 1 aliphatic rings. The van der Waals surface area contributed by atoms with Crippen LogP contribution in [0.5, 0.6) is 0 Å². The molecule has 1 aromatic carbocycles. The monoisotopic (exact) mass is 278 g/mol. The molecule has 1 fully saturated rings. The molecule has 0 bridgehead atoms. The van der Waals surface area contributed by atoms with Gasteiger partial charge in [-0.1, -0.05) is 13.0 Å². The van der Waals surface area contributed by atoms with Gasteiger partial charge in [0, 0.05) is 19.1 Å². The van der Waals surface area contributed by atoms with E-state index in [1.807, 2.05) is 11.8 Å². The van der Waals surface area contributed by atoms with Crippen LogP contribution in [0.3, 0.4) is 0 Å². The highest BCUT2D eigenvalue weighted by Gasteiger charge is 2.29. The second-order valence-corrected chi connectivity index (χ2v) is 5.68. The van der Waals surface area contributed by atoms with Crippen LogP contribution in [0.4, 0.5) is 10.1 Å². The number of nitrogens with zero attached hydrogens (tertiary/aromatic N) is 1. The highest BCUT2D eigenvalue weighted by molar-refractivity contribution is 6.00. The Hall–Kier alpha value is -1.58. The van der Waals surface area contributed by atoms with Crippen molar-refractivity contribution >= 4 is 11.6 Å². The predicted molar refractivity (Wildman–Crippen MR) is 79.5 cm³/mol. The summed E-state index contributed by atoms with van der Waals surface area (Å²) in [5.41, 5.74) is 0.762. The number of hydrogen-bond acceptors (Lipinski definition) is 2. The van der Waals surface area contributed by atoms with Gasteiger partial charge in [0.05, 0.1) is 11.3 Å². The largest absolute Gasteiger partial charge is 0.382 e. The van der Waals surface area contributed by atoms with Gasteiger partial charge in [0.2, 0.25) is 0 Å². The van der Waals surface area contributed by atoms with E-state index in [1.165, 1.54) is 6.07 Å². The molecule has 3 nitrogen and oxygen atoms in total. The van der Waals surface area contributed by atoms with Crippen LogP contribution in [0.25, 0.3) is 0 Å². The summed E-state index contributed by atoms with van der Waals surface area (Å²) >= 11 is 0. The SMILES string of the molecule is CCNc1c(F)cccc1C(=O)N1CC(C)CCC1C. The average Bonchev–Trinajstić information content (AvgIpc) is 2.43. The highest BCUT2D eigenvalue weighted by atomic mass is 19.1. The lowest BCUT2D eigenvalue weighted by Crippen LogP contribution is -2.45. The van der Waals surface area contributed by atoms with Crippen LogP contribution in [0, 0.1) is 11.7 Å². The molecule has 4 heteroatoms. The molecule has 0 aromatic heterocycles. The van der Waals surface area contributed by atoms with Crippen molar-refractivity contribution in [2.75, 3.05) is 18.4 Å². The molecule has 1 amide bonds. The first kappa shape index (κ1) is 14.8. The molecule has 1 saturated heterocycles. The van der Waals surface area contributed by atoms with Gasteiger partial charge in [0.25, 0.3) is 5.91 Å². The van der Waals surface area contributed by atoms with Gasteiger partial charge in [-0.2, -0.15) is 0 Å². The average molecular weight is 278 g/mol. The van der Waals surface area contributed by atoms with E-state index < -0.39 is 0 Å². The maximum atomic E-state index is 13.9. The normalized spacial score (nSPS) is 22.7. The summed E-state index contributed by atoms with van der Waals surface area (Å²) in [5, 5.41) is 2.97. The molecular formula is C16H23FN2O. The number of para-hydroxylation sites is 1. The van der Waals surface area contributed by atoms with Gasteiger partial charge >= 0.3 is 0 Å². The zero-order valence-corrected chi connectivity index (χ0v) is 12.4. The summed E-state index contributed by atoms with van der Waals surface area (Å²) in [7, 11) is 0. The molecule has 1 heterocycles. The summed E-state index contributed by atoms with van der Waals surface area (Å²) in [6, 6.07) is 4.91. The maximum Gasteiger partial charge on any atom is 0.256 e. The lowest BCUT2D eigenvalue weighted by atomic mass is 9.94. The molecule has 0 spiro atoms. The number of likely N-dealkylation sites (tertiary alicyclic amines) is 1. The fourth-order valence-corrected chi connectivity index (χ4v) is 2.79. The first-order valence-corrected chi connectivity index (χ1v) is 7.38. The maximum absolute atomic E-state index is 13.9. The van der Waals surface area contributed by atoms with E-state index in [1.54, 1.807) is 12.1 Å². The topological polar surface area (TPSA) is 32.3 Å². The first-order valence-electron chi connectivity index (χ1n) is 7.38. The number of halogens is 1. The number of rotatable bonds is 3. The number of amides is 1. The third-order valence-electron chi connectivity index (χ3n) is 3.98. The molecule has 0 saturated carbocycles. The van der Waals surface area contributed by atoms with Crippen molar-refractivity contribution in [3.8, 4) is 0 Å². The van der Waals surface area contributed by atoms with E-state index in [0.717, 1.165) is 19.4 Å². The molecule has 2 rings (SSSR count). The Morgan fingerprint density at radius 2 is 2.15 bits per heavy atom. The molecule has 0 radical (unpaired) electrons. The van der Waals surface area contributed by atoms with Crippen LogP contribution in [0.15, 0.2) is 18.2 Å². The quantitative estimate of drug-likeness (QED) is 0.917. The lowest BCUT2D eigenvalue weighted by molar-refractivity contribution is 0.0574. The first-order chi connectivity index (χ1) is 9.54. The van der Waals surface area contributed by atoms with Crippen LogP contribution >= 0.6 is 0 Å². The molecule has 1 aromatic rings. The zero-order valence-electron chi connectivity index (χ0n) is 12.4. The molecule has 2 unspecified atom stereocenters. The number of carbonyl (C=O) groups is 1. The van der Waals surface area contributed by atoms with Crippen LogP contribution in [0.2, 0.25) is 0 Å². The summed E-state index contributed by atoms with van der Waals surface area (Å²) < 4.78 is 13.9. The standard InChI is InChI=1S/C16H23FN2O/c1-4-18-15-13(6-5-7-14(15)17)16(20)19-10-11(2)8-9-12(19)3/h5-7,11-12,18H,4,8-10H2,1-3H3. The van der Waals surface area contributed by atoms with Gasteiger partial charge in [0.15, 0.2) is 0 Å². The Bertz CT molecular complexity index is 489. The van der Waals surface area contributed by atoms with E-state index in [-0.39, 0.29) is 17.8 Å². The Labute approximate surface area is 120 Å². The molecule has 2 atom stereocenters. The number of hydrogen-bond donors (Lipinski definition) is 1. The van der Waals surface area contributed by atoms with Crippen molar-refractivity contribution in [3.05, 3.63) is 29.6 Å². The number of piperidine rings is 1. The van der Waals surface area contributed by atoms with Gasteiger partial charge in [-0.25, -0.2) is 4.39 Å². The van der Waals surface area contributed by atoms with Crippen molar-refractivity contribution in [3.63, 3.8) is 0 Å². The second-order valence-electron chi connectivity index (χ2n) is 5.68. The molecule has 1 aliphatic heterocycles. The number of carbonyl (C=O) groups excluding carboxylic acids is 1. The molecule has 110 valence electrons. The summed E-state index contributed by atoms with van der Waals surface area (Å²) in [6.45, 7) is 7.46. The molecule has 1 N–H and O–H groups in total. The molecule has 0 aliphatic carbocycles. The fraction of sp³-hybridized carbons (Fsp3) is 0.562. The predicted octanol–water partition coefficient (Wildman–Crippen LogP) is 3.52. The lowest BCUT2D eigenvalue weighted by Gasteiger charge is -2.37. The van der Waals surface area contributed by atoms with Crippen LogP contribution in [-0.4, -0.2) is 29.9 Å². The minimum Gasteiger partial charge on any atom is -0.382 e. The van der Waals surface area contributed by atoms with E-state index in [4.69, 9.17) is 0 Å². The van der Waals surface area contributed by atoms with E-state index >= 15 is 0 Å². The smallest absolute Gasteiger partial charge is 0.256 e. The van der Waals surface area contributed by atoms with E-state index in [2.05, 4.69) is 19.2 Å². The Morgan fingerprint density at radius 3 is 2.85 bits per heavy atom. The summed E-state index contributed by atoms with van der Waals surface area (Å²) in [6.07, 6.45) is 2.16. The van der Waals surface area contributed by atoms with Crippen molar-refractivity contribution in [1.29, 1.82) is 0 Å². The van der Waals surface area contributed by atoms with Gasteiger partial charge in [0.1, 0.15) is 5.82 Å². The van der Waals surface area contributed by atoms with Crippen LogP contribution in [0.1, 0.15) is 44.0 Å². The van der Waals surface area contributed by atoms with Crippen molar-refractivity contribution in [2.45, 2.75) is 39.7 Å². The van der Waals surface area contributed by atoms with Gasteiger partial charge in [-0.3, -0.25) is 4.79 Å². The summed E-state index contributed by atoms with van der Waals surface area (Å²) in [4.78, 5) is 14.6. The van der Waals surface area contributed by atoms with Gasteiger partial charge in [-0.15, -0.1) is 0 Å². The zero-order chi connectivity index (χ0) is 14.7. The van der Waals surface area contributed by atoms with Gasteiger partial charge < -0.3 is 10.2 Å². The van der Waals surface area contributed by atoms with E-state index in [0.29, 0.717) is 23.7 Å². The minimum absolute atomic E-state index is 0.0699. The van der Waals surface area contributed by atoms with E-state index in [9.17, 15) is 9.18 Å². The number of nitrogens with one attached hydrogen (secondary N) is 1. The van der Waals surface area contributed by atoms with Gasteiger partial charge in [-0.05, 0) is 44.7 Å². The highest BCUT2D eigenvalue weighted by Crippen LogP contribution is 2.27. The number of benzene rings is 1. The molecule has 20 heavy (non-hydrogen) atoms. The van der Waals surface area contributed by atoms with Crippen LogP contribution < -0.4 is 5.32 Å². The van der Waals surface area contributed by atoms with Crippen molar-refractivity contribution in [2.24, 2.45) is 5.92 Å². The van der Waals surface area contributed by atoms with Crippen molar-refractivity contribution in [1.82, 2.24) is 4.90 Å². The Kier molecular flexibility index (Phi) is 4.63. The minimum atomic E-state index is -0.365. The molecular weight excluding hydrogens is 255 g/mol. The Balaban J connectivity index is 2.30.